The minimum atomic E-state index is 0.0156. The van der Waals surface area contributed by atoms with Gasteiger partial charge in [-0.25, -0.2) is 0 Å². The molecule has 0 aromatic heterocycles. The van der Waals surface area contributed by atoms with Crippen LogP contribution in [0.2, 0.25) is 0 Å². The molecule has 1 rings (SSSR count). The third-order valence-electron chi connectivity index (χ3n) is 2.87. The Morgan fingerprint density at radius 2 is 2.43 bits per heavy atom. The van der Waals surface area contributed by atoms with Crippen LogP contribution in [0.3, 0.4) is 0 Å². The molecule has 1 aliphatic rings. The van der Waals surface area contributed by atoms with Gasteiger partial charge in [0.05, 0.1) is 5.92 Å². The van der Waals surface area contributed by atoms with Crippen molar-refractivity contribution in [2.24, 2.45) is 11.7 Å². The van der Waals surface area contributed by atoms with E-state index in [1.807, 2.05) is 11.8 Å². The predicted molar refractivity (Wildman–Crippen MR) is 57.8 cm³/mol. The molecule has 0 aliphatic carbocycles. The molecule has 0 saturated heterocycles. The van der Waals surface area contributed by atoms with Crippen molar-refractivity contribution in [3.05, 3.63) is 11.6 Å². The Kier molecular flexibility index (Phi) is 4.14. The molecular weight excluding hydrogens is 176 g/mol. The normalized spacial score (nSPS) is 19.1. The zero-order valence-corrected chi connectivity index (χ0v) is 9.12. The number of nitrogens with two attached hydrogens (primary N) is 1. The lowest BCUT2D eigenvalue weighted by Crippen LogP contribution is -2.41. The average molecular weight is 196 g/mol. The van der Waals surface area contributed by atoms with E-state index in [0.29, 0.717) is 6.54 Å². The Morgan fingerprint density at radius 1 is 1.71 bits per heavy atom. The lowest BCUT2D eigenvalue weighted by atomic mass is 10.0. The van der Waals surface area contributed by atoms with Crippen LogP contribution in [0.15, 0.2) is 11.6 Å². The quantitative estimate of drug-likeness (QED) is 0.688. The summed E-state index contributed by atoms with van der Waals surface area (Å²) in [5.41, 5.74) is 6.94. The molecule has 0 aromatic rings. The minimum Gasteiger partial charge on any atom is -0.338 e. The van der Waals surface area contributed by atoms with E-state index in [4.69, 9.17) is 5.73 Å². The third-order valence-corrected chi connectivity index (χ3v) is 2.87. The maximum absolute atomic E-state index is 11.9. The van der Waals surface area contributed by atoms with Crippen molar-refractivity contribution in [3.8, 4) is 0 Å². The van der Waals surface area contributed by atoms with Gasteiger partial charge < -0.3 is 10.6 Å². The highest BCUT2D eigenvalue weighted by Gasteiger charge is 2.22. The lowest BCUT2D eigenvalue weighted by Gasteiger charge is -2.28. The second-order valence-corrected chi connectivity index (χ2v) is 3.93. The molecule has 0 spiro atoms. The van der Waals surface area contributed by atoms with Crippen LogP contribution in [0, 0.1) is 5.92 Å². The molecule has 80 valence electrons. The number of carbonyl (C=O) groups is 1. The van der Waals surface area contributed by atoms with Crippen LogP contribution in [-0.2, 0) is 4.79 Å². The van der Waals surface area contributed by atoms with Gasteiger partial charge in [0.15, 0.2) is 0 Å². The van der Waals surface area contributed by atoms with Gasteiger partial charge in [-0.15, -0.1) is 0 Å². The Labute approximate surface area is 86.0 Å². The maximum Gasteiger partial charge on any atom is 0.227 e. The number of carbonyl (C=O) groups excluding carboxylic acids is 1. The molecule has 0 bridgehead atoms. The second kappa shape index (κ2) is 5.15. The van der Waals surface area contributed by atoms with Crippen molar-refractivity contribution in [2.45, 2.75) is 26.7 Å². The van der Waals surface area contributed by atoms with E-state index in [1.165, 1.54) is 5.57 Å². The molecule has 0 aromatic carbocycles. The number of hydrogen-bond donors (Lipinski definition) is 1. The van der Waals surface area contributed by atoms with Crippen LogP contribution in [0.1, 0.15) is 26.7 Å². The van der Waals surface area contributed by atoms with E-state index in [1.54, 1.807) is 0 Å². The van der Waals surface area contributed by atoms with Crippen LogP contribution < -0.4 is 5.73 Å². The van der Waals surface area contributed by atoms with Crippen molar-refractivity contribution in [2.75, 3.05) is 19.6 Å². The molecule has 1 unspecified atom stereocenters. The van der Waals surface area contributed by atoms with E-state index in [0.717, 1.165) is 25.9 Å². The van der Waals surface area contributed by atoms with E-state index < -0.39 is 0 Å². The summed E-state index contributed by atoms with van der Waals surface area (Å²) in [6.45, 7) is 6.22. The molecule has 1 atom stereocenters. The molecule has 0 fully saturated rings. The summed E-state index contributed by atoms with van der Waals surface area (Å²) in [7, 11) is 0. The minimum absolute atomic E-state index is 0.0156. The Morgan fingerprint density at radius 3 is 2.86 bits per heavy atom. The third kappa shape index (κ3) is 2.58. The van der Waals surface area contributed by atoms with E-state index in [2.05, 4.69) is 13.0 Å². The summed E-state index contributed by atoms with van der Waals surface area (Å²) < 4.78 is 0. The zero-order valence-electron chi connectivity index (χ0n) is 9.12. The molecule has 0 saturated carbocycles. The summed E-state index contributed by atoms with van der Waals surface area (Å²) in [6, 6.07) is 0. The van der Waals surface area contributed by atoms with Gasteiger partial charge in [0.1, 0.15) is 0 Å². The van der Waals surface area contributed by atoms with Gasteiger partial charge in [-0.2, -0.15) is 0 Å². The van der Waals surface area contributed by atoms with Crippen molar-refractivity contribution in [1.29, 1.82) is 0 Å². The van der Waals surface area contributed by atoms with E-state index >= 15 is 0 Å². The van der Waals surface area contributed by atoms with Crippen LogP contribution in [-0.4, -0.2) is 30.4 Å². The molecule has 2 N–H and O–H groups in total. The van der Waals surface area contributed by atoms with Crippen molar-refractivity contribution in [1.82, 2.24) is 4.90 Å². The van der Waals surface area contributed by atoms with Crippen LogP contribution in [0.5, 0.6) is 0 Å². The van der Waals surface area contributed by atoms with Gasteiger partial charge in [0, 0.05) is 19.6 Å². The van der Waals surface area contributed by atoms with Gasteiger partial charge >= 0.3 is 0 Å². The van der Waals surface area contributed by atoms with E-state index in [9.17, 15) is 4.79 Å². The second-order valence-electron chi connectivity index (χ2n) is 3.93. The molecular formula is C11H20N2O. The fourth-order valence-corrected chi connectivity index (χ4v) is 1.67. The molecule has 14 heavy (non-hydrogen) atoms. The van der Waals surface area contributed by atoms with Crippen LogP contribution in [0.25, 0.3) is 0 Å². The number of hydrogen-bond acceptors (Lipinski definition) is 2. The van der Waals surface area contributed by atoms with Crippen molar-refractivity contribution in [3.63, 3.8) is 0 Å². The molecule has 1 amide bonds. The summed E-state index contributed by atoms with van der Waals surface area (Å²) in [6.07, 6.45) is 3.98. The molecule has 1 aliphatic heterocycles. The highest BCUT2D eigenvalue weighted by atomic mass is 16.2. The number of nitrogens with zero attached hydrogens (tertiary/aromatic N) is 1. The first kappa shape index (κ1) is 11.2. The fourth-order valence-electron chi connectivity index (χ4n) is 1.67. The Hall–Kier alpha value is -0.830. The van der Waals surface area contributed by atoms with Gasteiger partial charge in [-0.3, -0.25) is 4.79 Å². The Bertz CT molecular complexity index is 231. The smallest absolute Gasteiger partial charge is 0.227 e. The van der Waals surface area contributed by atoms with Gasteiger partial charge in [-0.1, -0.05) is 18.6 Å². The molecule has 0 radical (unpaired) electrons. The zero-order chi connectivity index (χ0) is 10.6. The molecule has 1 heterocycles. The summed E-state index contributed by atoms with van der Waals surface area (Å²) >= 11 is 0. The lowest BCUT2D eigenvalue weighted by molar-refractivity contribution is -0.135. The van der Waals surface area contributed by atoms with Crippen LogP contribution >= 0.6 is 0 Å². The number of rotatable bonds is 3. The maximum atomic E-state index is 11.9. The van der Waals surface area contributed by atoms with Crippen molar-refractivity contribution >= 4 is 5.91 Å². The highest BCUT2D eigenvalue weighted by Crippen LogP contribution is 2.13. The van der Waals surface area contributed by atoms with Gasteiger partial charge in [-0.05, 0) is 19.8 Å². The first-order valence-corrected chi connectivity index (χ1v) is 5.33. The topological polar surface area (TPSA) is 46.3 Å². The number of amides is 1. The highest BCUT2D eigenvalue weighted by molar-refractivity contribution is 5.79. The summed E-state index contributed by atoms with van der Waals surface area (Å²) in [5.74, 6) is 0.237. The van der Waals surface area contributed by atoms with Crippen molar-refractivity contribution < 1.29 is 4.79 Å². The largest absolute Gasteiger partial charge is 0.338 e. The predicted octanol–water partition coefficient (Wildman–Crippen LogP) is 1.15. The van der Waals surface area contributed by atoms with E-state index in [-0.39, 0.29) is 11.8 Å². The van der Waals surface area contributed by atoms with Gasteiger partial charge in [0.25, 0.3) is 0 Å². The van der Waals surface area contributed by atoms with Gasteiger partial charge in [0.2, 0.25) is 5.91 Å². The fraction of sp³-hybridized carbons (Fsp3) is 0.727. The Balaban J connectivity index is 2.53. The molecule has 3 heteroatoms. The summed E-state index contributed by atoms with van der Waals surface area (Å²) in [4.78, 5) is 13.8. The first-order valence-electron chi connectivity index (χ1n) is 5.33. The molecule has 3 nitrogen and oxygen atoms in total. The SMILES string of the molecule is CCC(CN)C(=O)N1CC=C(C)CC1. The average Bonchev–Trinajstić information content (AvgIpc) is 2.20. The summed E-state index contributed by atoms with van der Waals surface area (Å²) in [5, 5.41) is 0. The standard InChI is InChI=1S/C11H20N2O/c1-3-10(8-12)11(14)13-6-4-9(2)5-7-13/h4,10H,3,5-8,12H2,1-2H3. The first-order chi connectivity index (χ1) is 6.69. The monoisotopic (exact) mass is 196 g/mol. The van der Waals surface area contributed by atoms with Crippen LogP contribution in [0.4, 0.5) is 0 Å².